The van der Waals surface area contributed by atoms with Gasteiger partial charge in [-0.05, 0) is 43.7 Å². The molecule has 6 heteroatoms. The summed E-state index contributed by atoms with van der Waals surface area (Å²) < 4.78 is 19.1. The summed E-state index contributed by atoms with van der Waals surface area (Å²) in [7, 11) is 0. The Kier molecular flexibility index (Phi) is 4.81. The van der Waals surface area contributed by atoms with Gasteiger partial charge >= 0.3 is 0 Å². The molecule has 1 atom stereocenters. The zero-order chi connectivity index (χ0) is 18.8. The fourth-order valence-electron chi connectivity index (χ4n) is 3.25. The number of hydrogen-bond donors (Lipinski definition) is 0. The summed E-state index contributed by atoms with van der Waals surface area (Å²) in [5.74, 6) is 1.28. The van der Waals surface area contributed by atoms with E-state index in [0.717, 1.165) is 34.9 Å². The quantitative estimate of drug-likeness (QED) is 0.706. The molecule has 27 heavy (non-hydrogen) atoms. The molecule has 0 bridgehead atoms. The Labute approximate surface area is 157 Å². The largest absolute Gasteiger partial charge is 0.370 e. The molecule has 3 heterocycles. The van der Waals surface area contributed by atoms with Gasteiger partial charge in [0.05, 0.1) is 6.61 Å². The Hall–Kier alpha value is -2.86. The minimum absolute atomic E-state index is 0.118. The SMILES string of the molecule is Cc1nc(-c2ccccn2)nc(N2CCOC(c3ccc(F)cc3)C2)c1C. The van der Waals surface area contributed by atoms with Gasteiger partial charge < -0.3 is 9.64 Å². The molecule has 0 amide bonds. The first-order valence-electron chi connectivity index (χ1n) is 9.00. The summed E-state index contributed by atoms with van der Waals surface area (Å²) in [6, 6.07) is 12.2. The molecule has 0 aliphatic carbocycles. The van der Waals surface area contributed by atoms with Gasteiger partial charge in [0, 0.05) is 30.5 Å². The molecular formula is C21H21FN4O. The highest BCUT2D eigenvalue weighted by molar-refractivity contribution is 5.57. The molecule has 138 valence electrons. The summed E-state index contributed by atoms with van der Waals surface area (Å²) in [4.78, 5) is 16.0. The number of aryl methyl sites for hydroxylation is 1. The zero-order valence-corrected chi connectivity index (χ0v) is 15.4. The number of anilines is 1. The van der Waals surface area contributed by atoms with Crippen LogP contribution in [-0.2, 0) is 4.74 Å². The Balaban J connectivity index is 1.66. The van der Waals surface area contributed by atoms with E-state index in [9.17, 15) is 4.39 Å². The van der Waals surface area contributed by atoms with Crippen LogP contribution >= 0.6 is 0 Å². The first-order valence-corrected chi connectivity index (χ1v) is 9.00. The van der Waals surface area contributed by atoms with Crippen molar-refractivity contribution < 1.29 is 9.13 Å². The van der Waals surface area contributed by atoms with Gasteiger partial charge in [-0.2, -0.15) is 0 Å². The van der Waals surface area contributed by atoms with Crippen molar-refractivity contribution in [3.05, 3.63) is 71.3 Å². The molecule has 1 aliphatic heterocycles. The molecule has 1 unspecified atom stereocenters. The number of nitrogens with zero attached hydrogens (tertiary/aromatic N) is 4. The highest BCUT2D eigenvalue weighted by Gasteiger charge is 2.25. The van der Waals surface area contributed by atoms with Gasteiger partial charge in [-0.15, -0.1) is 0 Å². The van der Waals surface area contributed by atoms with Crippen molar-refractivity contribution in [3.8, 4) is 11.5 Å². The minimum atomic E-state index is -0.242. The summed E-state index contributed by atoms with van der Waals surface area (Å²) >= 11 is 0. The number of ether oxygens (including phenoxy) is 1. The van der Waals surface area contributed by atoms with Gasteiger partial charge in [0.25, 0.3) is 0 Å². The number of halogens is 1. The fourth-order valence-corrected chi connectivity index (χ4v) is 3.25. The maximum Gasteiger partial charge on any atom is 0.180 e. The molecule has 4 rings (SSSR count). The fraction of sp³-hybridized carbons (Fsp3) is 0.286. The molecule has 0 radical (unpaired) electrons. The van der Waals surface area contributed by atoms with Crippen LogP contribution in [0.2, 0.25) is 0 Å². The number of rotatable bonds is 3. The zero-order valence-electron chi connectivity index (χ0n) is 15.4. The van der Waals surface area contributed by atoms with E-state index in [4.69, 9.17) is 9.72 Å². The number of aromatic nitrogens is 3. The molecule has 2 aromatic heterocycles. The van der Waals surface area contributed by atoms with Crippen LogP contribution < -0.4 is 4.90 Å². The van der Waals surface area contributed by atoms with Crippen LogP contribution in [0.15, 0.2) is 48.7 Å². The Bertz CT molecular complexity index is 931. The van der Waals surface area contributed by atoms with E-state index in [2.05, 4.69) is 14.9 Å². The summed E-state index contributed by atoms with van der Waals surface area (Å²) in [6.07, 6.45) is 1.62. The van der Waals surface area contributed by atoms with Gasteiger partial charge in [0.15, 0.2) is 5.82 Å². The van der Waals surface area contributed by atoms with Crippen molar-refractivity contribution in [2.75, 3.05) is 24.6 Å². The van der Waals surface area contributed by atoms with Crippen molar-refractivity contribution >= 4 is 5.82 Å². The third-order valence-corrected chi connectivity index (χ3v) is 4.87. The van der Waals surface area contributed by atoms with Gasteiger partial charge in [0.2, 0.25) is 0 Å². The summed E-state index contributed by atoms with van der Waals surface area (Å²) in [5.41, 5.74) is 3.71. The van der Waals surface area contributed by atoms with Crippen LogP contribution in [0, 0.1) is 19.7 Å². The maximum absolute atomic E-state index is 13.2. The molecule has 0 saturated carbocycles. The molecule has 0 N–H and O–H groups in total. The number of benzene rings is 1. The second kappa shape index (κ2) is 7.40. The molecular weight excluding hydrogens is 343 g/mol. The van der Waals surface area contributed by atoms with Crippen molar-refractivity contribution in [1.29, 1.82) is 0 Å². The first-order chi connectivity index (χ1) is 13.1. The van der Waals surface area contributed by atoms with E-state index in [1.54, 1.807) is 18.3 Å². The van der Waals surface area contributed by atoms with E-state index >= 15 is 0 Å². The molecule has 1 fully saturated rings. The highest BCUT2D eigenvalue weighted by Crippen LogP contribution is 2.29. The molecule has 0 spiro atoms. The average molecular weight is 364 g/mol. The number of morpholine rings is 1. The van der Waals surface area contributed by atoms with Crippen LogP contribution in [-0.4, -0.2) is 34.6 Å². The Morgan fingerprint density at radius 2 is 1.89 bits per heavy atom. The highest BCUT2D eigenvalue weighted by atomic mass is 19.1. The topological polar surface area (TPSA) is 51.1 Å². The molecule has 3 aromatic rings. The second-order valence-corrected chi connectivity index (χ2v) is 6.65. The predicted octanol–water partition coefficient (Wildman–Crippen LogP) is 3.87. The standard InChI is InChI=1S/C21H21FN4O/c1-14-15(2)24-20(18-5-3-4-10-23-18)25-21(14)26-11-12-27-19(13-26)16-6-8-17(22)9-7-16/h3-10,19H,11-13H2,1-2H3. The van der Waals surface area contributed by atoms with Crippen molar-refractivity contribution in [2.24, 2.45) is 0 Å². The summed E-state index contributed by atoms with van der Waals surface area (Å²) in [5, 5.41) is 0. The molecule has 1 aromatic carbocycles. The van der Waals surface area contributed by atoms with E-state index in [0.29, 0.717) is 19.0 Å². The lowest BCUT2D eigenvalue weighted by Gasteiger charge is -2.35. The normalized spacial score (nSPS) is 17.1. The maximum atomic E-state index is 13.2. The van der Waals surface area contributed by atoms with Gasteiger partial charge in [-0.1, -0.05) is 18.2 Å². The smallest absolute Gasteiger partial charge is 0.180 e. The third-order valence-electron chi connectivity index (χ3n) is 4.87. The lowest BCUT2D eigenvalue weighted by Crippen LogP contribution is -2.39. The Morgan fingerprint density at radius 3 is 2.63 bits per heavy atom. The monoisotopic (exact) mass is 364 g/mol. The molecule has 5 nitrogen and oxygen atoms in total. The number of hydrogen-bond acceptors (Lipinski definition) is 5. The van der Waals surface area contributed by atoms with Crippen molar-refractivity contribution in [1.82, 2.24) is 15.0 Å². The first kappa shape index (κ1) is 17.5. The lowest BCUT2D eigenvalue weighted by molar-refractivity contribution is 0.0394. The van der Waals surface area contributed by atoms with E-state index in [1.165, 1.54) is 12.1 Å². The van der Waals surface area contributed by atoms with Crippen LogP contribution in [0.25, 0.3) is 11.5 Å². The van der Waals surface area contributed by atoms with Gasteiger partial charge in [-0.3, -0.25) is 4.98 Å². The van der Waals surface area contributed by atoms with Gasteiger partial charge in [0.1, 0.15) is 23.4 Å². The van der Waals surface area contributed by atoms with E-state index in [-0.39, 0.29) is 11.9 Å². The van der Waals surface area contributed by atoms with E-state index < -0.39 is 0 Å². The van der Waals surface area contributed by atoms with Crippen LogP contribution in [0.4, 0.5) is 10.2 Å². The third kappa shape index (κ3) is 3.66. The summed E-state index contributed by atoms with van der Waals surface area (Å²) in [6.45, 7) is 6.02. The lowest BCUT2D eigenvalue weighted by atomic mass is 10.1. The minimum Gasteiger partial charge on any atom is -0.370 e. The van der Waals surface area contributed by atoms with Crippen LogP contribution in [0.5, 0.6) is 0 Å². The van der Waals surface area contributed by atoms with Crippen molar-refractivity contribution in [3.63, 3.8) is 0 Å². The predicted molar refractivity (Wildman–Crippen MR) is 102 cm³/mol. The Morgan fingerprint density at radius 1 is 1.07 bits per heavy atom. The van der Waals surface area contributed by atoms with Gasteiger partial charge in [-0.25, -0.2) is 14.4 Å². The van der Waals surface area contributed by atoms with Crippen molar-refractivity contribution in [2.45, 2.75) is 20.0 Å². The van der Waals surface area contributed by atoms with Crippen LogP contribution in [0.3, 0.4) is 0 Å². The molecule has 1 aliphatic rings. The second-order valence-electron chi connectivity index (χ2n) is 6.65. The van der Waals surface area contributed by atoms with Crippen LogP contribution in [0.1, 0.15) is 22.9 Å². The van der Waals surface area contributed by atoms with E-state index in [1.807, 2.05) is 32.0 Å². The average Bonchev–Trinajstić information content (AvgIpc) is 2.71. The number of pyridine rings is 1. The molecule has 1 saturated heterocycles.